The number of likely N-dealkylation sites (tertiary alicyclic amines) is 1. The third-order valence-electron chi connectivity index (χ3n) is 3.57. The van der Waals surface area contributed by atoms with Gasteiger partial charge < -0.3 is 19.5 Å². The molecule has 2 atom stereocenters. The molecule has 1 aliphatic rings. The molecule has 6 heteroatoms. The summed E-state index contributed by atoms with van der Waals surface area (Å²) in [6, 6.07) is 5.62. The molecule has 0 aromatic heterocycles. The highest BCUT2D eigenvalue weighted by Gasteiger charge is 2.38. The van der Waals surface area contributed by atoms with E-state index in [9.17, 15) is 19.1 Å². The number of ether oxygens (including phenoxy) is 1. The van der Waals surface area contributed by atoms with Crippen LogP contribution in [0.15, 0.2) is 24.3 Å². The van der Waals surface area contributed by atoms with Crippen molar-refractivity contribution in [3.63, 3.8) is 0 Å². The summed E-state index contributed by atoms with van der Waals surface area (Å²) in [5.74, 6) is -2.88. The second-order valence-corrected chi connectivity index (χ2v) is 6.47. The van der Waals surface area contributed by atoms with Gasteiger partial charge in [-0.05, 0) is 38.5 Å². The molecule has 1 saturated heterocycles. The van der Waals surface area contributed by atoms with E-state index in [0.717, 1.165) is 0 Å². The summed E-state index contributed by atoms with van der Waals surface area (Å²) in [5.41, 5.74) is 0.0174. The van der Waals surface area contributed by atoms with Crippen LogP contribution in [-0.4, -0.2) is 35.7 Å². The van der Waals surface area contributed by atoms with Crippen molar-refractivity contribution >= 4 is 12.1 Å². The third kappa shape index (κ3) is 3.75. The summed E-state index contributed by atoms with van der Waals surface area (Å²) in [6.07, 6.45) is -0.552. The molecule has 0 spiro atoms. The SMILES string of the molecule is CC(C)(C)OC(=O)N1C[C@H](C(=O)[O-])[C@@H](c2ccc(F)cc2)C1. The van der Waals surface area contributed by atoms with Crippen LogP contribution in [0.25, 0.3) is 0 Å². The lowest BCUT2D eigenvalue weighted by Crippen LogP contribution is -2.38. The highest BCUT2D eigenvalue weighted by molar-refractivity contribution is 5.74. The first kappa shape index (κ1) is 16.3. The summed E-state index contributed by atoms with van der Waals surface area (Å²) in [5, 5.41) is 11.3. The summed E-state index contributed by atoms with van der Waals surface area (Å²) in [6.45, 7) is 5.47. The first-order valence-corrected chi connectivity index (χ1v) is 7.11. The van der Waals surface area contributed by atoms with Gasteiger partial charge in [0.1, 0.15) is 11.4 Å². The molecule has 1 heterocycles. The number of carboxylic acid groups (broad SMARTS) is 1. The molecule has 0 unspecified atom stereocenters. The lowest BCUT2D eigenvalue weighted by Gasteiger charge is -2.24. The van der Waals surface area contributed by atoms with Gasteiger partial charge in [0.25, 0.3) is 0 Å². The number of carbonyl (C=O) groups is 2. The molecule has 1 amide bonds. The Morgan fingerprint density at radius 1 is 1.23 bits per heavy atom. The number of hydrogen-bond donors (Lipinski definition) is 0. The Bertz CT molecular complexity index is 565. The van der Waals surface area contributed by atoms with Crippen LogP contribution in [0.3, 0.4) is 0 Å². The molecule has 1 fully saturated rings. The number of carboxylic acids is 1. The number of benzene rings is 1. The van der Waals surface area contributed by atoms with E-state index in [4.69, 9.17) is 4.74 Å². The first-order chi connectivity index (χ1) is 10.2. The fourth-order valence-electron chi connectivity index (χ4n) is 2.57. The van der Waals surface area contributed by atoms with E-state index in [1.165, 1.54) is 29.2 Å². The minimum Gasteiger partial charge on any atom is -0.550 e. The molecule has 0 aliphatic carbocycles. The number of hydrogen-bond acceptors (Lipinski definition) is 4. The van der Waals surface area contributed by atoms with Crippen LogP contribution in [0.1, 0.15) is 32.3 Å². The van der Waals surface area contributed by atoms with Crippen molar-refractivity contribution in [2.24, 2.45) is 5.92 Å². The van der Waals surface area contributed by atoms with Gasteiger partial charge in [0, 0.05) is 30.9 Å². The number of nitrogens with zero attached hydrogens (tertiary/aromatic N) is 1. The number of aliphatic carboxylic acids is 1. The van der Waals surface area contributed by atoms with E-state index >= 15 is 0 Å². The van der Waals surface area contributed by atoms with E-state index in [1.54, 1.807) is 20.8 Å². The van der Waals surface area contributed by atoms with E-state index in [1.807, 2.05) is 0 Å². The van der Waals surface area contributed by atoms with Crippen LogP contribution in [-0.2, 0) is 9.53 Å². The molecule has 0 bridgehead atoms. The predicted octanol–water partition coefficient (Wildman–Crippen LogP) is 1.53. The highest BCUT2D eigenvalue weighted by Crippen LogP contribution is 2.33. The predicted molar refractivity (Wildman–Crippen MR) is 75.4 cm³/mol. The Kier molecular flexibility index (Phi) is 4.39. The van der Waals surface area contributed by atoms with Crippen LogP contribution in [0.5, 0.6) is 0 Å². The normalized spacial score (nSPS) is 21.7. The minimum absolute atomic E-state index is 0.0271. The van der Waals surface area contributed by atoms with E-state index < -0.39 is 35.3 Å². The Labute approximate surface area is 128 Å². The quantitative estimate of drug-likeness (QED) is 0.831. The number of rotatable bonds is 2. The van der Waals surface area contributed by atoms with Gasteiger partial charge >= 0.3 is 6.09 Å². The summed E-state index contributed by atoms with van der Waals surface area (Å²) in [7, 11) is 0. The van der Waals surface area contributed by atoms with Crippen molar-refractivity contribution in [2.45, 2.75) is 32.3 Å². The average Bonchev–Trinajstić information content (AvgIpc) is 2.83. The minimum atomic E-state index is -1.22. The fraction of sp³-hybridized carbons (Fsp3) is 0.500. The Morgan fingerprint density at radius 3 is 2.32 bits per heavy atom. The van der Waals surface area contributed by atoms with Gasteiger partial charge in [-0.2, -0.15) is 0 Å². The van der Waals surface area contributed by atoms with Crippen molar-refractivity contribution in [1.82, 2.24) is 4.90 Å². The Morgan fingerprint density at radius 2 is 1.82 bits per heavy atom. The van der Waals surface area contributed by atoms with Crippen LogP contribution >= 0.6 is 0 Å². The van der Waals surface area contributed by atoms with E-state index in [-0.39, 0.29) is 13.1 Å². The zero-order valence-electron chi connectivity index (χ0n) is 12.8. The molecule has 1 aromatic carbocycles. The highest BCUT2D eigenvalue weighted by atomic mass is 19.1. The average molecular weight is 308 g/mol. The standard InChI is InChI=1S/C16H20FNO4/c1-16(2,3)22-15(21)18-8-12(13(9-18)14(19)20)10-4-6-11(17)7-5-10/h4-7,12-13H,8-9H2,1-3H3,(H,19,20)/p-1/t12-,13+/m1/s1. The van der Waals surface area contributed by atoms with Crippen molar-refractivity contribution in [1.29, 1.82) is 0 Å². The molecule has 1 aromatic rings. The van der Waals surface area contributed by atoms with Gasteiger partial charge in [0.15, 0.2) is 0 Å². The van der Waals surface area contributed by atoms with Gasteiger partial charge in [-0.25, -0.2) is 9.18 Å². The molecule has 0 radical (unpaired) electrons. The maximum Gasteiger partial charge on any atom is 0.410 e. The summed E-state index contributed by atoms with van der Waals surface area (Å²) in [4.78, 5) is 24.8. The lowest BCUT2D eigenvalue weighted by molar-refractivity contribution is -0.311. The molecule has 1 aliphatic heterocycles. The number of carbonyl (C=O) groups excluding carboxylic acids is 2. The molecular formula is C16H19FNO4-. The Hall–Kier alpha value is -2.11. The summed E-state index contributed by atoms with van der Waals surface area (Å²) >= 11 is 0. The van der Waals surface area contributed by atoms with Crippen LogP contribution in [0, 0.1) is 11.7 Å². The van der Waals surface area contributed by atoms with Gasteiger partial charge in [-0.1, -0.05) is 12.1 Å². The lowest BCUT2D eigenvalue weighted by atomic mass is 9.89. The Balaban J connectivity index is 2.18. The van der Waals surface area contributed by atoms with Crippen molar-refractivity contribution in [3.05, 3.63) is 35.6 Å². The zero-order chi connectivity index (χ0) is 16.5. The molecular weight excluding hydrogens is 289 g/mol. The van der Waals surface area contributed by atoms with Crippen molar-refractivity contribution in [2.75, 3.05) is 13.1 Å². The smallest absolute Gasteiger partial charge is 0.410 e. The molecule has 120 valence electrons. The van der Waals surface area contributed by atoms with Crippen LogP contribution in [0.4, 0.5) is 9.18 Å². The van der Waals surface area contributed by atoms with Gasteiger partial charge in [-0.15, -0.1) is 0 Å². The van der Waals surface area contributed by atoms with Crippen LogP contribution in [0.2, 0.25) is 0 Å². The van der Waals surface area contributed by atoms with Crippen molar-refractivity contribution < 1.29 is 23.8 Å². The van der Waals surface area contributed by atoms with Gasteiger partial charge in [0.05, 0.1) is 0 Å². The monoisotopic (exact) mass is 308 g/mol. The van der Waals surface area contributed by atoms with Crippen LogP contribution < -0.4 is 5.11 Å². The number of amides is 1. The fourth-order valence-corrected chi connectivity index (χ4v) is 2.57. The first-order valence-electron chi connectivity index (χ1n) is 7.11. The third-order valence-corrected chi connectivity index (χ3v) is 3.57. The molecule has 5 nitrogen and oxygen atoms in total. The van der Waals surface area contributed by atoms with E-state index in [2.05, 4.69) is 0 Å². The molecule has 22 heavy (non-hydrogen) atoms. The maximum atomic E-state index is 13.0. The largest absolute Gasteiger partial charge is 0.550 e. The number of halogens is 1. The second kappa shape index (κ2) is 5.94. The van der Waals surface area contributed by atoms with Gasteiger partial charge in [0.2, 0.25) is 0 Å². The second-order valence-electron chi connectivity index (χ2n) is 6.47. The molecule has 0 N–H and O–H groups in total. The zero-order valence-corrected chi connectivity index (χ0v) is 12.8. The summed E-state index contributed by atoms with van der Waals surface area (Å²) < 4.78 is 18.3. The van der Waals surface area contributed by atoms with Crippen molar-refractivity contribution in [3.8, 4) is 0 Å². The topological polar surface area (TPSA) is 69.7 Å². The van der Waals surface area contributed by atoms with Gasteiger partial charge in [-0.3, -0.25) is 0 Å². The molecule has 2 rings (SSSR count). The maximum absolute atomic E-state index is 13.0. The molecule has 0 saturated carbocycles. The van der Waals surface area contributed by atoms with E-state index in [0.29, 0.717) is 5.56 Å².